The van der Waals surface area contributed by atoms with Crippen molar-refractivity contribution in [2.75, 3.05) is 152 Å². The molecule has 0 aromatic rings. The fourth-order valence-corrected chi connectivity index (χ4v) is 11.4. The van der Waals surface area contributed by atoms with Crippen LogP contribution in [0.2, 0.25) is 0 Å². The van der Waals surface area contributed by atoms with Gasteiger partial charge in [0.25, 0.3) is 0 Å². The van der Waals surface area contributed by atoms with Gasteiger partial charge in [-0.05, 0) is 148 Å². The Morgan fingerprint density at radius 3 is 1.40 bits per heavy atom. The maximum atomic E-state index is 9.44. The zero-order valence-electron chi connectivity index (χ0n) is 52.9. The summed E-state index contributed by atoms with van der Waals surface area (Å²) in [6.07, 6.45) is 8.64. The van der Waals surface area contributed by atoms with Gasteiger partial charge >= 0.3 is 0 Å². The van der Waals surface area contributed by atoms with Gasteiger partial charge in [-0.3, -0.25) is 0 Å². The van der Waals surface area contributed by atoms with Gasteiger partial charge in [-0.1, -0.05) is 13.8 Å². The molecule has 0 aliphatic carbocycles. The van der Waals surface area contributed by atoms with Crippen LogP contribution < -0.4 is 0 Å². The quantitative estimate of drug-likeness (QED) is 0.148. The fourth-order valence-electron chi connectivity index (χ4n) is 7.67. The highest BCUT2D eigenvalue weighted by Crippen LogP contribution is 2.22. The van der Waals surface area contributed by atoms with E-state index in [0.717, 1.165) is 106 Å². The van der Waals surface area contributed by atoms with Crippen LogP contribution in [0.3, 0.4) is 0 Å². The van der Waals surface area contributed by atoms with Gasteiger partial charge in [-0.15, -0.1) is 0 Å². The van der Waals surface area contributed by atoms with Crippen LogP contribution in [0.4, 0.5) is 0 Å². The van der Waals surface area contributed by atoms with Crippen molar-refractivity contribution < 1.29 is 112 Å². The van der Waals surface area contributed by atoms with Gasteiger partial charge in [0, 0.05) is 55.4 Å². The van der Waals surface area contributed by atoms with Crippen molar-refractivity contribution >= 4 is 47.0 Å². The molecule has 0 bridgehead atoms. The molecule has 9 aliphatic heterocycles. The molecule has 9 saturated heterocycles. The molecule has 9 heterocycles. The second-order valence-corrected chi connectivity index (χ2v) is 27.2. The van der Waals surface area contributed by atoms with Crippen LogP contribution in [0.1, 0.15) is 133 Å². The lowest BCUT2D eigenvalue weighted by atomic mass is 10.2. The Morgan fingerprint density at radius 1 is 0.329 bits per heavy atom. The average molecular weight is 1310 g/mol. The van der Waals surface area contributed by atoms with Crippen molar-refractivity contribution in [1.82, 2.24) is 0 Å². The minimum atomic E-state index is -1.07. The standard InChI is InChI=1S/2C7H14O3.2C7H14O2S.3C6H12O3.2C6H12O2S/c1-6-3-2-4-9-5-7(8)10-6;1-7(8)6-9-4-2-3-5-10-7;1-6-3-2-4-10-5-7(8)9-6;1-7(8)6-10-5-3-2-4-9-7;1-5-2-8-4-6(7)9-3-5;1-5-2-3-8-4-6(7)9-5;1-6(7)5-8-3-2-4-9-6;1-5-2-8-6(7)4-9-3-5;1-6(7)5-9-4-2-3-8-6/h6-8H,2-5H2,1H3;8H,2-6H2,1H3;6-8H,2-5H2,1H3;8H,2-6H2,1H3;2*5-7H,2-4H2,1H3;7H,2-5H2,1H3;5-7H,2-4H2,1H3;7H,2-5H2,1H3. The molecule has 27 heteroatoms. The molecule has 23 nitrogen and oxygen atoms in total. The second-order valence-electron chi connectivity index (χ2n) is 22.8. The molecule has 9 rings (SSSR count). The molecule has 0 saturated carbocycles. The van der Waals surface area contributed by atoms with E-state index >= 15 is 0 Å². The third kappa shape index (κ3) is 53.7. The third-order valence-corrected chi connectivity index (χ3v) is 17.3. The average Bonchev–Trinajstić information content (AvgIpc) is 4.04. The molecule has 85 heavy (non-hydrogen) atoms. The van der Waals surface area contributed by atoms with Crippen molar-refractivity contribution in [3.8, 4) is 0 Å². The lowest BCUT2D eigenvalue weighted by molar-refractivity contribution is -0.227. The number of rotatable bonds is 0. The maximum Gasteiger partial charge on any atom is 0.186 e. The number of aliphatic hydroxyl groups excluding tert-OH is 5. The van der Waals surface area contributed by atoms with Gasteiger partial charge in [0.05, 0.1) is 84.4 Å². The van der Waals surface area contributed by atoms with Crippen LogP contribution in [-0.4, -0.2) is 271 Å². The zero-order chi connectivity index (χ0) is 63.3. The minimum absolute atomic E-state index is 0.127. The third-order valence-electron chi connectivity index (χ3n) is 12.3. The normalized spacial score (nSPS) is 37.3. The van der Waals surface area contributed by atoms with Gasteiger partial charge in [-0.25, -0.2) is 0 Å². The van der Waals surface area contributed by atoms with E-state index in [1.165, 1.54) is 12.8 Å². The lowest BCUT2D eigenvalue weighted by Crippen LogP contribution is -2.36. The fraction of sp³-hybridized carbons (Fsp3) is 1.00. The summed E-state index contributed by atoms with van der Waals surface area (Å²) < 4.78 is 71.1. The summed E-state index contributed by atoms with van der Waals surface area (Å²) in [5.74, 6) is 4.49. The topological polar surface area (TPSA) is 311 Å². The maximum absolute atomic E-state index is 9.44. The van der Waals surface area contributed by atoms with E-state index in [9.17, 15) is 20.4 Å². The Morgan fingerprint density at radius 2 is 0.765 bits per heavy atom. The van der Waals surface area contributed by atoms with Crippen molar-refractivity contribution in [2.24, 2.45) is 11.8 Å². The minimum Gasteiger partial charge on any atom is -0.376 e. The Bertz CT molecular complexity index is 1330. The molecule has 0 radical (unpaired) electrons. The highest BCUT2D eigenvalue weighted by molar-refractivity contribution is 7.99. The molecule has 14 atom stereocenters. The molecule has 9 N–H and O–H groups in total. The van der Waals surface area contributed by atoms with Crippen LogP contribution >= 0.6 is 47.0 Å². The van der Waals surface area contributed by atoms with Crippen LogP contribution in [0, 0.1) is 11.8 Å². The summed E-state index contributed by atoms with van der Waals surface area (Å²) in [6, 6.07) is 0. The Kier molecular flexibility index (Phi) is 50.1. The first-order valence-electron chi connectivity index (χ1n) is 30.5. The van der Waals surface area contributed by atoms with Crippen LogP contribution in [-0.2, 0) is 66.3 Å². The van der Waals surface area contributed by atoms with Crippen LogP contribution in [0.15, 0.2) is 0 Å². The molecule has 0 spiro atoms. The molecular weight excluding hydrogens is 1190 g/mol. The van der Waals surface area contributed by atoms with E-state index in [-0.39, 0.29) is 31.5 Å². The highest BCUT2D eigenvalue weighted by atomic mass is 32.2. The first-order chi connectivity index (χ1) is 40.3. The Labute approximate surface area is 526 Å². The smallest absolute Gasteiger partial charge is 0.186 e. The van der Waals surface area contributed by atoms with Crippen molar-refractivity contribution in [1.29, 1.82) is 0 Å². The van der Waals surface area contributed by atoms with Gasteiger partial charge in [-0.2, -0.15) is 47.0 Å². The highest BCUT2D eigenvalue weighted by Gasteiger charge is 2.26. The Balaban J connectivity index is 0.000000478. The van der Waals surface area contributed by atoms with E-state index < -0.39 is 54.6 Å². The van der Waals surface area contributed by atoms with Gasteiger partial charge in [0.15, 0.2) is 54.6 Å². The van der Waals surface area contributed by atoms with Crippen LogP contribution in [0.5, 0.6) is 0 Å². The van der Waals surface area contributed by atoms with Gasteiger partial charge in [0.2, 0.25) is 0 Å². The van der Waals surface area contributed by atoms with E-state index in [1.54, 1.807) is 74.7 Å². The van der Waals surface area contributed by atoms with Gasteiger partial charge in [0.1, 0.15) is 13.2 Å². The summed E-state index contributed by atoms with van der Waals surface area (Å²) in [6.45, 7) is 25.7. The molecule has 0 aromatic heterocycles. The summed E-state index contributed by atoms with van der Waals surface area (Å²) in [7, 11) is 0. The molecule has 14 unspecified atom stereocenters. The zero-order valence-corrected chi connectivity index (χ0v) is 56.2. The summed E-state index contributed by atoms with van der Waals surface area (Å²) in [5.41, 5.74) is 0. The number of ether oxygens (including phenoxy) is 14. The van der Waals surface area contributed by atoms with E-state index in [1.807, 2.05) is 27.7 Å². The van der Waals surface area contributed by atoms with E-state index in [2.05, 4.69) is 6.92 Å². The molecule has 510 valence electrons. The monoisotopic (exact) mass is 1310 g/mol. The van der Waals surface area contributed by atoms with Crippen molar-refractivity contribution in [2.45, 2.75) is 206 Å². The van der Waals surface area contributed by atoms with Crippen molar-refractivity contribution in [3.05, 3.63) is 0 Å². The number of hydrogen-bond acceptors (Lipinski definition) is 27. The summed E-state index contributed by atoms with van der Waals surface area (Å²) in [5, 5.41) is 82.2. The predicted molar refractivity (Wildman–Crippen MR) is 332 cm³/mol. The molecule has 9 fully saturated rings. The Hall–Kier alpha value is 0.480. The van der Waals surface area contributed by atoms with E-state index in [4.69, 9.17) is 91.8 Å². The SMILES string of the molecule is CC1(O)COCCCCO1.CC1(O)COCCCO1.CC1(O)CSCCCCO1.CC1(O)CSCCCO1.CC1CCCOCC(O)O1.CC1CCCSCC(O)O1.CC1CCOCC(O)O1.CC1COC(O)CSC1.CC1COCC(O)OC1. The van der Waals surface area contributed by atoms with E-state index in [0.29, 0.717) is 103 Å². The number of hydrogen-bond donors (Lipinski definition) is 9. The largest absolute Gasteiger partial charge is 0.376 e. The first kappa shape index (κ1) is 83.5. The van der Waals surface area contributed by atoms with Crippen LogP contribution in [0.25, 0.3) is 0 Å². The number of aliphatic hydroxyl groups is 9. The second kappa shape index (κ2) is 51.0. The first-order valence-corrected chi connectivity index (χ1v) is 35.1. The molecule has 9 aliphatic rings. The summed E-state index contributed by atoms with van der Waals surface area (Å²) in [4.78, 5) is 0. The van der Waals surface area contributed by atoms with Crippen molar-refractivity contribution in [3.63, 3.8) is 0 Å². The predicted octanol–water partition coefficient (Wildman–Crippen LogP) is 5.32. The summed E-state index contributed by atoms with van der Waals surface area (Å²) >= 11 is 7.03. The molecule has 0 aromatic carbocycles. The molecular formula is C58H116O23S4. The number of thioether (sulfide) groups is 4. The lowest BCUT2D eigenvalue weighted by Gasteiger charge is -2.25. The molecule has 0 amide bonds. The van der Waals surface area contributed by atoms with Gasteiger partial charge < -0.3 is 112 Å².